The van der Waals surface area contributed by atoms with Gasteiger partial charge in [-0.1, -0.05) is 43.3 Å². The smallest absolute Gasteiger partial charge is 0.168 e. The summed E-state index contributed by atoms with van der Waals surface area (Å²) < 4.78 is 19.3. The Morgan fingerprint density at radius 1 is 1.14 bits per heavy atom. The van der Waals surface area contributed by atoms with Gasteiger partial charge in [0, 0.05) is 5.54 Å². The molecule has 112 valence electrons. The van der Waals surface area contributed by atoms with Crippen molar-refractivity contribution in [2.24, 2.45) is 5.73 Å². The van der Waals surface area contributed by atoms with Gasteiger partial charge >= 0.3 is 0 Å². The molecule has 0 aliphatic rings. The molecule has 0 spiro atoms. The van der Waals surface area contributed by atoms with Crippen LogP contribution in [-0.4, -0.2) is 7.11 Å². The second kappa shape index (κ2) is 6.27. The lowest BCUT2D eigenvalue weighted by Crippen LogP contribution is -2.35. The van der Waals surface area contributed by atoms with Crippen molar-refractivity contribution >= 4 is 0 Å². The molecule has 0 aromatic heterocycles. The highest BCUT2D eigenvalue weighted by molar-refractivity contribution is 5.35. The number of nitrogens with two attached hydrogens (primary N) is 1. The third-order valence-electron chi connectivity index (χ3n) is 3.84. The summed E-state index contributed by atoms with van der Waals surface area (Å²) in [6.45, 7) is 4.04. The lowest BCUT2D eigenvalue weighted by atomic mass is 9.86. The van der Waals surface area contributed by atoms with Gasteiger partial charge in [-0.25, -0.2) is 4.39 Å². The third-order valence-corrected chi connectivity index (χ3v) is 3.84. The molecule has 2 N–H and O–H groups in total. The number of benzene rings is 2. The Kier molecular flexibility index (Phi) is 4.63. The van der Waals surface area contributed by atoms with Crippen LogP contribution in [0, 0.1) is 5.82 Å². The molecular weight excluding hydrogens is 265 g/mol. The first-order chi connectivity index (χ1) is 9.97. The van der Waals surface area contributed by atoms with E-state index < -0.39 is 5.54 Å². The molecule has 0 radical (unpaired) electrons. The van der Waals surface area contributed by atoms with E-state index in [0.717, 1.165) is 12.0 Å². The van der Waals surface area contributed by atoms with Gasteiger partial charge in [-0.15, -0.1) is 0 Å². The topological polar surface area (TPSA) is 35.2 Å². The minimum Gasteiger partial charge on any atom is -0.494 e. The van der Waals surface area contributed by atoms with Gasteiger partial charge in [-0.3, -0.25) is 0 Å². The van der Waals surface area contributed by atoms with Crippen molar-refractivity contribution in [2.45, 2.75) is 32.2 Å². The molecule has 1 unspecified atom stereocenters. The Hall–Kier alpha value is -1.87. The van der Waals surface area contributed by atoms with E-state index in [9.17, 15) is 4.39 Å². The molecule has 1 atom stereocenters. The van der Waals surface area contributed by atoms with Crippen LogP contribution in [0.1, 0.15) is 30.5 Å². The molecule has 0 fully saturated rings. The zero-order chi connectivity index (χ0) is 15.5. The van der Waals surface area contributed by atoms with Crippen molar-refractivity contribution in [3.8, 4) is 5.75 Å². The van der Waals surface area contributed by atoms with Crippen LogP contribution in [0.4, 0.5) is 4.39 Å². The van der Waals surface area contributed by atoms with Crippen LogP contribution in [0.3, 0.4) is 0 Å². The van der Waals surface area contributed by atoms with Crippen molar-refractivity contribution in [3.05, 3.63) is 65.0 Å². The molecule has 2 aromatic carbocycles. The van der Waals surface area contributed by atoms with Crippen molar-refractivity contribution in [3.63, 3.8) is 0 Å². The second-order valence-corrected chi connectivity index (χ2v) is 5.58. The highest BCUT2D eigenvalue weighted by Crippen LogP contribution is 2.27. The van der Waals surface area contributed by atoms with Crippen molar-refractivity contribution in [2.75, 3.05) is 7.11 Å². The zero-order valence-corrected chi connectivity index (χ0v) is 12.8. The predicted molar refractivity (Wildman–Crippen MR) is 84.0 cm³/mol. The first-order valence-corrected chi connectivity index (χ1v) is 7.17. The highest BCUT2D eigenvalue weighted by atomic mass is 19.1. The van der Waals surface area contributed by atoms with Crippen LogP contribution in [0.5, 0.6) is 5.75 Å². The van der Waals surface area contributed by atoms with Gasteiger partial charge in [-0.2, -0.15) is 0 Å². The Labute approximate surface area is 125 Å². The first-order valence-electron chi connectivity index (χ1n) is 7.17. The van der Waals surface area contributed by atoms with Crippen LogP contribution < -0.4 is 10.5 Å². The number of rotatable bonds is 5. The van der Waals surface area contributed by atoms with E-state index >= 15 is 0 Å². The Morgan fingerprint density at radius 2 is 1.81 bits per heavy atom. The van der Waals surface area contributed by atoms with Crippen molar-refractivity contribution in [1.29, 1.82) is 0 Å². The SMILES string of the molecule is CCc1ccc(C(C)(N)Cc2cccc(OC)c2F)cc1. The van der Waals surface area contributed by atoms with E-state index in [2.05, 4.69) is 19.1 Å². The number of halogens is 1. The molecule has 0 amide bonds. The second-order valence-electron chi connectivity index (χ2n) is 5.58. The normalized spacial score (nSPS) is 13.8. The number of ether oxygens (including phenoxy) is 1. The van der Waals surface area contributed by atoms with Gasteiger partial charge in [0.25, 0.3) is 0 Å². The molecule has 3 heteroatoms. The quantitative estimate of drug-likeness (QED) is 0.907. The van der Waals surface area contributed by atoms with Gasteiger partial charge in [0.2, 0.25) is 0 Å². The molecular formula is C18H22FNO. The number of methoxy groups -OCH3 is 1. The van der Waals surface area contributed by atoms with E-state index in [1.54, 1.807) is 18.2 Å². The van der Waals surface area contributed by atoms with E-state index in [4.69, 9.17) is 10.5 Å². The summed E-state index contributed by atoms with van der Waals surface area (Å²) in [5.74, 6) is -0.0773. The fourth-order valence-corrected chi connectivity index (χ4v) is 2.47. The maximum absolute atomic E-state index is 14.3. The number of aryl methyl sites for hydroxylation is 1. The monoisotopic (exact) mass is 287 g/mol. The van der Waals surface area contributed by atoms with Gasteiger partial charge in [-0.05, 0) is 42.5 Å². The largest absolute Gasteiger partial charge is 0.494 e. The summed E-state index contributed by atoms with van der Waals surface area (Å²) in [6.07, 6.45) is 1.41. The number of hydrogen-bond acceptors (Lipinski definition) is 2. The van der Waals surface area contributed by atoms with Crippen LogP contribution in [0.15, 0.2) is 42.5 Å². The Balaban J connectivity index is 2.27. The molecule has 0 aliphatic carbocycles. The molecule has 21 heavy (non-hydrogen) atoms. The highest BCUT2D eigenvalue weighted by Gasteiger charge is 2.24. The summed E-state index contributed by atoms with van der Waals surface area (Å²) in [7, 11) is 1.47. The molecule has 0 saturated heterocycles. The van der Waals surface area contributed by atoms with Crippen LogP contribution in [0.2, 0.25) is 0 Å². The van der Waals surface area contributed by atoms with Crippen LogP contribution in [0.25, 0.3) is 0 Å². The van der Waals surface area contributed by atoms with Crippen molar-refractivity contribution in [1.82, 2.24) is 0 Å². The van der Waals surface area contributed by atoms with E-state index in [1.807, 2.05) is 19.1 Å². The lowest BCUT2D eigenvalue weighted by molar-refractivity contribution is 0.380. The standard InChI is InChI=1S/C18H22FNO/c1-4-13-8-10-15(11-9-13)18(2,20)12-14-6-5-7-16(21-3)17(14)19/h5-11H,4,12,20H2,1-3H3. The number of hydrogen-bond donors (Lipinski definition) is 1. The summed E-state index contributed by atoms with van der Waals surface area (Å²) in [5.41, 5.74) is 8.63. The minimum absolute atomic E-state index is 0.254. The van der Waals surface area contributed by atoms with Gasteiger partial charge in [0.05, 0.1) is 7.11 Å². The fourth-order valence-electron chi connectivity index (χ4n) is 2.47. The minimum atomic E-state index is -0.626. The van der Waals surface area contributed by atoms with Crippen LogP contribution in [-0.2, 0) is 18.4 Å². The van der Waals surface area contributed by atoms with E-state index in [0.29, 0.717) is 12.0 Å². The molecule has 2 nitrogen and oxygen atoms in total. The summed E-state index contributed by atoms with van der Waals surface area (Å²) in [4.78, 5) is 0. The molecule has 2 rings (SSSR count). The molecule has 0 aliphatic heterocycles. The Bertz CT molecular complexity index is 605. The van der Waals surface area contributed by atoms with E-state index in [1.165, 1.54) is 12.7 Å². The summed E-state index contributed by atoms with van der Waals surface area (Å²) in [6, 6.07) is 13.3. The average molecular weight is 287 g/mol. The average Bonchev–Trinajstić information content (AvgIpc) is 2.49. The van der Waals surface area contributed by atoms with Crippen LogP contribution >= 0.6 is 0 Å². The predicted octanol–water partition coefficient (Wildman–Crippen LogP) is 3.81. The summed E-state index contributed by atoms with van der Waals surface area (Å²) >= 11 is 0. The Morgan fingerprint density at radius 3 is 2.38 bits per heavy atom. The third kappa shape index (κ3) is 3.42. The maximum atomic E-state index is 14.3. The lowest BCUT2D eigenvalue weighted by Gasteiger charge is -2.26. The first kappa shape index (κ1) is 15.5. The molecule has 2 aromatic rings. The molecule has 0 saturated carbocycles. The van der Waals surface area contributed by atoms with E-state index in [-0.39, 0.29) is 11.6 Å². The molecule has 0 heterocycles. The van der Waals surface area contributed by atoms with Gasteiger partial charge in [0.15, 0.2) is 11.6 Å². The van der Waals surface area contributed by atoms with Crippen molar-refractivity contribution < 1.29 is 9.13 Å². The van der Waals surface area contributed by atoms with Gasteiger partial charge in [0.1, 0.15) is 0 Å². The molecule has 0 bridgehead atoms. The zero-order valence-electron chi connectivity index (χ0n) is 12.8. The summed E-state index contributed by atoms with van der Waals surface area (Å²) in [5, 5.41) is 0. The fraction of sp³-hybridized carbons (Fsp3) is 0.333. The van der Waals surface area contributed by atoms with Gasteiger partial charge < -0.3 is 10.5 Å². The maximum Gasteiger partial charge on any atom is 0.168 e.